The zero-order valence-electron chi connectivity index (χ0n) is 18.2. The third-order valence-corrected chi connectivity index (χ3v) is 5.89. The molecule has 1 fully saturated rings. The maximum Gasteiger partial charge on any atom is 0.253 e. The molecule has 1 aliphatic rings. The number of rotatable bonds is 4. The van der Waals surface area contributed by atoms with E-state index in [0.29, 0.717) is 31.7 Å². The van der Waals surface area contributed by atoms with Gasteiger partial charge in [-0.05, 0) is 56.2 Å². The van der Waals surface area contributed by atoms with Gasteiger partial charge in [0.15, 0.2) is 0 Å². The van der Waals surface area contributed by atoms with E-state index in [1.54, 1.807) is 12.1 Å². The van der Waals surface area contributed by atoms with Crippen molar-refractivity contribution < 1.29 is 9.18 Å². The molecule has 5 nitrogen and oxygen atoms in total. The highest BCUT2D eigenvalue weighted by Gasteiger charge is 2.25. The fraction of sp³-hybridized carbons (Fsp3) is 0.320. The first-order valence-corrected chi connectivity index (χ1v) is 10.6. The van der Waals surface area contributed by atoms with Gasteiger partial charge in [0, 0.05) is 49.4 Å². The fourth-order valence-corrected chi connectivity index (χ4v) is 4.08. The molecular formula is C25H27FN4O. The Morgan fingerprint density at radius 2 is 1.61 bits per heavy atom. The van der Waals surface area contributed by atoms with Crippen molar-refractivity contribution in [2.75, 3.05) is 31.1 Å². The zero-order valence-corrected chi connectivity index (χ0v) is 18.2. The van der Waals surface area contributed by atoms with Gasteiger partial charge in [-0.1, -0.05) is 24.3 Å². The van der Waals surface area contributed by atoms with Crippen molar-refractivity contribution in [3.8, 4) is 0 Å². The van der Waals surface area contributed by atoms with Crippen LogP contribution in [0.1, 0.15) is 38.6 Å². The van der Waals surface area contributed by atoms with E-state index >= 15 is 0 Å². The van der Waals surface area contributed by atoms with Crippen molar-refractivity contribution in [2.45, 2.75) is 27.2 Å². The maximum absolute atomic E-state index is 13.2. The van der Waals surface area contributed by atoms with Gasteiger partial charge >= 0.3 is 0 Å². The van der Waals surface area contributed by atoms with Gasteiger partial charge in [-0.3, -0.25) is 4.79 Å². The standard InChI is InChI=1S/C25H27FN4O/c1-17-6-4-5-7-21(17)16-23-18(2)27-19(3)28-24(23)29-12-14-30(15-13-29)25(31)20-8-10-22(26)11-9-20/h4-11H,12-16H2,1-3H3. The monoisotopic (exact) mass is 418 g/mol. The molecule has 4 rings (SSSR count). The Balaban J connectivity index is 1.53. The topological polar surface area (TPSA) is 49.3 Å². The van der Waals surface area contributed by atoms with Crippen molar-refractivity contribution in [3.63, 3.8) is 0 Å². The number of amides is 1. The minimum atomic E-state index is -0.336. The van der Waals surface area contributed by atoms with Crippen LogP contribution in [0.3, 0.4) is 0 Å². The van der Waals surface area contributed by atoms with E-state index in [4.69, 9.17) is 4.98 Å². The third-order valence-electron chi connectivity index (χ3n) is 5.89. The number of anilines is 1. The van der Waals surface area contributed by atoms with Crippen molar-refractivity contribution in [1.29, 1.82) is 0 Å². The SMILES string of the molecule is Cc1nc(C)c(Cc2ccccc2C)c(N2CCN(C(=O)c3ccc(F)cc3)CC2)n1. The number of hydrogen-bond acceptors (Lipinski definition) is 4. The summed E-state index contributed by atoms with van der Waals surface area (Å²) in [5.74, 6) is 1.32. The summed E-state index contributed by atoms with van der Waals surface area (Å²) in [6.45, 7) is 8.68. The van der Waals surface area contributed by atoms with Gasteiger partial charge in [0.25, 0.3) is 5.91 Å². The lowest BCUT2D eigenvalue weighted by molar-refractivity contribution is 0.0746. The first kappa shape index (κ1) is 21.0. The molecule has 6 heteroatoms. The number of carbonyl (C=O) groups excluding carboxylic acids is 1. The molecule has 0 radical (unpaired) electrons. The maximum atomic E-state index is 13.2. The number of halogens is 1. The molecule has 0 spiro atoms. The number of aromatic nitrogens is 2. The van der Waals surface area contributed by atoms with Crippen LogP contribution in [0.2, 0.25) is 0 Å². The van der Waals surface area contributed by atoms with E-state index in [1.165, 1.54) is 23.3 Å². The Kier molecular flexibility index (Phi) is 5.98. The van der Waals surface area contributed by atoms with Crippen LogP contribution in [0, 0.1) is 26.6 Å². The molecule has 1 aliphatic heterocycles. The van der Waals surface area contributed by atoms with E-state index in [9.17, 15) is 9.18 Å². The number of piperazine rings is 1. The second-order valence-corrected chi connectivity index (χ2v) is 8.05. The molecular weight excluding hydrogens is 391 g/mol. The van der Waals surface area contributed by atoms with Crippen LogP contribution in [-0.2, 0) is 6.42 Å². The highest BCUT2D eigenvalue weighted by Crippen LogP contribution is 2.26. The smallest absolute Gasteiger partial charge is 0.253 e. The van der Waals surface area contributed by atoms with Crippen LogP contribution in [0.5, 0.6) is 0 Å². The van der Waals surface area contributed by atoms with Crippen LogP contribution in [-0.4, -0.2) is 47.0 Å². The van der Waals surface area contributed by atoms with Gasteiger partial charge in [-0.2, -0.15) is 0 Å². The molecule has 0 N–H and O–H groups in total. The Labute approximate surface area is 182 Å². The number of aryl methyl sites for hydroxylation is 3. The summed E-state index contributed by atoms with van der Waals surface area (Å²) in [5, 5.41) is 0. The summed E-state index contributed by atoms with van der Waals surface area (Å²) in [6, 6.07) is 14.1. The average molecular weight is 419 g/mol. The normalized spacial score (nSPS) is 14.1. The Hall–Kier alpha value is -3.28. The van der Waals surface area contributed by atoms with E-state index in [0.717, 1.165) is 29.3 Å². The quantitative estimate of drug-likeness (QED) is 0.640. The summed E-state index contributed by atoms with van der Waals surface area (Å²) in [5.41, 5.74) is 5.17. The van der Waals surface area contributed by atoms with Gasteiger partial charge in [0.2, 0.25) is 0 Å². The summed E-state index contributed by atoms with van der Waals surface area (Å²) < 4.78 is 13.2. The molecule has 0 saturated carbocycles. The van der Waals surface area contributed by atoms with E-state index in [-0.39, 0.29) is 11.7 Å². The second-order valence-electron chi connectivity index (χ2n) is 8.05. The molecule has 1 amide bonds. The van der Waals surface area contributed by atoms with Crippen molar-refractivity contribution in [3.05, 3.63) is 88.1 Å². The Morgan fingerprint density at radius 1 is 0.935 bits per heavy atom. The summed E-state index contributed by atoms with van der Waals surface area (Å²) >= 11 is 0. The van der Waals surface area contributed by atoms with Crippen LogP contribution < -0.4 is 4.90 Å². The minimum Gasteiger partial charge on any atom is -0.353 e. The van der Waals surface area contributed by atoms with Crippen molar-refractivity contribution >= 4 is 11.7 Å². The van der Waals surface area contributed by atoms with Gasteiger partial charge < -0.3 is 9.80 Å². The number of hydrogen-bond donors (Lipinski definition) is 0. The lowest BCUT2D eigenvalue weighted by Gasteiger charge is -2.36. The molecule has 1 saturated heterocycles. The predicted molar refractivity (Wildman–Crippen MR) is 120 cm³/mol. The predicted octanol–water partition coefficient (Wildman–Crippen LogP) is 4.09. The van der Waals surface area contributed by atoms with E-state index in [1.807, 2.05) is 18.7 Å². The van der Waals surface area contributed by atoms with Crippen molar-refractivity contribution in [1.82, 2.24) is 14.9 Å². The Bertz CT molecular complexity index is 1090. The molecule has 2 heterocycles. The first-order chi connectivity index (χ1) is 14.9. The van der Waals surface area contributed by atoms with Crippen LogP contribution >= 0.6 is 0 Å². The van der Waals surface area contributed by atoms with Gasteiger partial charge in [-0.15, -0.1) is 0 Å². The summed E-state index contributed by atoms with van der Waals surface area (Å²) in [4.78, 5) is 26.2. The average Bonchev–Trinajstić information content (AvgIpc) is 2.77. The molecule has 160 valence electrons. The van der Waals surface area contributed by atoms with Crippen molar-refractivity contribution in [2.24, 2.45) is 0 Å². The second kappa shape index (κ2) is 8.84. The van der Waals surface area contributed by atoms with E-state index < -0.39 is 0 Å². The molecule has 0 aliphatic carbocycles. The third kappa shape index (κ3) is 4.58. The zero-order chi connectivity index (χ0) is 22.0. The lowest BCUT2D eigenvalue weighted by atomic mass is 9.99. The van der Waals surface area contributed by atoms with Gasteiger partial charge in [-0.25, -0.2) is 14.4 Å². The molecule has 3 aromatic rings. The highest BCUT2D eigenvalue weighted by molar-refractivity contribution is 5.94. The van der Waals surface area contributed by atoms with Crippen LogP contribution in [0.15, 0.2) is 48.5 Å². The highest BCUT2D eigenvalue weighted by atomic mass is 19.1. The molecule has 0 bridgehead atoms. The van der Waals surface area contributed by atoms with Crippen LogP contribution in [0.4, 0.5) is 10.2 Å². The summed E-state index contributed by atoms with van der Waals surface area (Å²) in [7, 11) is 0. The van der Waals surface area contributed by atoms with E-state index in [2.05, 4.69) is 41.1 Å². The van der Waals surface area contributed by atoms with Crippen LogP contribution in [0.25, 0.3) is 0 Å². The first-order valence-electron chi connectivity index (χ1n) is 10.6. The van der Waals surface area contributed by atoms with Gasteiger partial charge in [0.05, 0.1) is 0 Å². The molecule has 0 unspecified atom stereocenters. The largest absolute Gasteiger partial charge is 0.353 e. The number of carbonyl (C=O) groups is 1. The molecule has 2 aromatic carbocycles. The number of benzene rings is 2. The van der Waals surface area contributed by atoms with Gasteiger partial charge in [0.1, 0.15) is 17.5 Å². The Morgan fingerprint density at radius 3 is 2.29 bits per heavy atom. The number of nitrogens with zero attached hydrogens (tertiary/aromatic N) is 4. The lowest BCUT2D eigenvalue weighted by Crippen LogP contribution is -2.49. The fourth-order valence-electron chi connectivity index (χ4n) is 4.08. The molecule has 31 heavy (non-hydrogen) atoms. The molecule has 1 aromatic heterocycles. The summed E-state index contributed by atoms with van der Waals surface area (Å²) in [6.07, 6.45) is 0.781. The molecule has 0 atom stereocenters. The minimum absolute atomic E-state index is 0.0603.